The Morgan fingerprint density at radius 3 is 2.93 bits per heavy atom. The quantitative estimate of drug-likeness (QED) is 0.820. The molecule has 0 saturated carbocycles. The van der Waals surface area contributed by atoms with E-state index in [0.29, 0.717) is 6.61 Å². The predicted molar refractivity (Wildman–Crippen MR) is 62.1 cm³/mol. The largest absolute Gasteiger partial charge is 0.493 e. The molecule has 0 atom stereocenters. The normalized spacial score (nSPS) is 10.7. The Morgan fingerprint density at radius 2 is 2.21 bits per heavy atom. The van der Waals surface area contributed by atoms with Crippen molar-refractivity contribution < 1.29 is 4.74 Å². The maximum absolute atomic E-state index is 5.77. The summed E-state index contributed by atoms with van der Waals surface area (Å²) >= 11 is 1.60. The molecule has 0 radical (unpaired) electrons. The second kappa shape index (κ2) is 3.50. The van der Waals surface area contributed by atoms with Gasteiger partial charge in [-0.3, -0.25) is 0 Å². The fourth-order valence-electron chi connectivity index (χ4n) is 1.55. The molecule has 0 aliphatic heterocycles. The van der Waals surface area contributed by atoms with Crippen LogP contribution in [0.1, 0.15) is 12.5 Å². The molecule has 2 rings (SSSR count). The molecule has 14 heavy (non-hydrogen) atoms. The summed E-state index contributed by atoms with van der Waals surface area (Å²) < 4.78 is 6.81. The van der Waals surface area contributed by atoms with Crippen LogP contribution in [0, 0.1) is 6.92 Å². The van der Waals surface area contributed by atoms with E-state index < -0.39 is 0 Å². The van der Waals surface area contributed by atoms with Crippen LogP contribution in [0.25, 0.3) is 10.1 Å². The minimum absolute atomic E-state index is 0.690. The standard InChI is InChI=1S/C11H13NOS/c1-3-13-11-7(2)4-5-9-8(11)6-10(12)14-9/h4-6H,3,12H2,1-2H3. The van der Waals surface area contributed by atoms with Crippen LogP contribution in [0.5, 0.6) is 5.75 Å². The van der Waals surface area contributed by atoms with Gasteiger partial charge in [0.25, 0.3) is 0 Å². The number of nitrogen functional groups attached to an aromatic ring is 1. The van der Waals surface area contributed by atoms with Crippen molar-refractivity contribution in [2.24, 2.45) is 0 Å². The molecule has 0 fully saturated rings. The molecule has 0 aliphatic rings. The van der Waals surface area contributed by atoms with Gasteiger partial charge in [0.1, 0.15) is 5.75 Å². The third kappa shape index (κ3) is 1.44. The average molecular weight is 207 g/mol. The Morgan fingerprint density at radius 1 is 1.43 bits per heavy atom. The van der Waals surface area contributed by atoms with Gasteiger partial charge in [-0.15, -0.1) is 11.3 Å². The Hall–Kier alpha value is -1.22. The Balaban J connectivity index is 2.68. The number of ether oxygens (including phenoxy) is 1. The molecule has 3 heteroatoms. The highest BCUT2D eigenvalue weighted by Gasteiger charge is 2.07. The van der Waals surface area contributed by atoms with Gasteiger partial charge in [-0.2, -0.15) is 0 Å². The molecule has 2 N–H and O–H groups in total. The maximum atomic E-state index is 5.77. The van der Waals surface area contributed by atoms with Crippen LogP contribution < -0.4 is 10.5 Å². The molecule has 2 aromatic rings. The summed E-state index contributed by atoms with van der Waals surface area (Å²) in [6.45, 7) is 4.74. The number of hydrogen-bond donors (Lipinski definition) is 1. The van der Waals surface area contributed by atoms with E-state index in [0.717, 1.165) is 21.7 Å². The van der Waals surface area contributed by atoms with Crippen molar-refractivity contribution in [1.82, 2.24) is 0 Å². The van der Waals surface area contributed by atoms with Gasteiger partial charge < -0.3 is 10.5 Å². The lowest BCUT2D eigenvalue weighted by atomic mass is 10.1. The fraction of sp³-hybridized carbons (Fsp3) is 0.273. The van der Waals surface area contributed by atoms with E-state index in [1.807, 2.05) is 13.0 Å². The van der Waals surface area contributed by atoms with Gasteiger partial charge >= 0.3 is 0 Å². The minimum Gasteiger partial charge on any atom is -0.493 e. The first kappa shape index (κ1) is 9.34. The second-order valence-electron chi connectivity index (χ2n) is 3.21. The summed E-state index contributed by atoms with van der Waals surface area (Å²) in [6.07, 6.45) is 0. The fourth-order valence-corrected chi connectivity index (χ4v) is 2.38. The van der Waals surface area contributed by atoms with E-state index in [1.54, 1.807) is 11.3 Å². The van der Waals surface area contributed by atoms with Crippen molar-refractivity contribution >= 4 is 26.4 Å². The number of fused-ring (bicyclic) bond motifs is 1. The predicted octanol–water partition coefficient (Wildman–Crippen LogP) is 3.19. The number of hydrogen-bond acceptors (Lipinski definition) is 3. The molecule has 2 nitrogen and oxygen atoms in total. The van der Waals surface area contributed by atoms with Gasteiger partial charge in [-0.25, -0.2) is 0 Å². The summed E-state index contributed by atoms with van der Waals surface area (Å²) in [5.74, 6) is 0.970. The van der Waals surface area contributed by atoms with Gasteiger partial charge in [0.05, 0.1) is 11.6 Å². The Bertz CT molecular complexity index is 462. The lowest BCUT2D eigenvalue weighted by molar-refractivity contribution is 0.342. The van der Waals surface area contributed by atoms with Crippen LogP contribution in [0.3, 0.4) is 0 Å². The monoisotopic (exact) mass is 207 g/mol. The molecule has 0 bridgehead atoms. The highest BCUT2D eigenvalue weighted by molar-refractivity contribution is 7.22. The van der Waals surface area contributed by atoms with Gasteiger partial charge in [0.15, 0.2) is 0 Å². The van der Waals surface area contributed by atoms with Crippen molar-refractivity contribution in [2.75, 3.05) is 12.3 Å². The number of nitrogens with two attached hydrogens (primary N) is 1. The molecular formula is C11H13NOS. The molecule has 0 saturated heterocycles. The van der Waals surface area contributed by atoms with Crippen LogP contribution in [-0.4, -0.2) is 6.61 Å². The number of anilines is 1. The second-order valence-corrected chi connectivity index (χ2v) is 4.32. The van der Waals surface area contributed by atoms with E-state index in [4.69, 9.17) is 10.5 Å². The first-order chi connectivity index (χ1) is 6.72. The molecule has 0 aliphatic carbocycles. The van der Waals surface area contributed by atoms with Crippen molar-refractivity contribution in [3.63, 3.8) is 0 Å². The molecule has 1 aromatic carbocycles. The van der Waals surface area contributed by atoms with E-state index in [9.17, 15) is 0 Å². The zero-order valence-corrected chi connectivity index (χ0v) is 9.15. The van der Waals surface area contributed by atoms with Gasteiger partial charge in [0, 0.05) is 10.1 Å². The Kier molecular flexibility index (Phi) is 2.33. The van der Waals surface area contributed by atoms with Gasteiger partial charge in [-0.05, 0) is 31.5 Å². The average Bonchev–Trinajstić information content (AvgIpc) is 2.51. The molecule has 1 heterocycles. The molecular weight excluding hydrogens is 194 g/mol. The maximum Gasteiger partial charge on any atom is 0.130 e. The first-order valence-corrected chi connectivity index (χ1v) is 5.45. The van der Waals surface area contributed by atoms with E-state index in [2.05, 4.69) is 19.1 Å². The number of thiophene rings is 1. The van der Waals surface area contributed by atoms with Crippen LogP contribution in [0.15, 0.2) is 18.2 Å². The number of benzene rings is 1. The zero-order valence-electron chi connectivity index (χ0n) is 8.33. The summed E-state index contributed by atoms with van der Waals surface area (Å²) in [5, 5.41) is 1.97. The minimum atomic E-state index is 0.690. The van der Waals surface area contributed by atoms with E-state index in [-0.39, 0.29) is 0 Å². The highest BCUT2D eigenvalue weighted by atomic mass is 32.1. The summed E-state index contributed by atoms with van der Waals surface area (Å²) in [7, 11) is 0. The van der Waals surface area contributed by atoms with Gasteiger partial charge in [0.2, 0.25) is 0 Å². The SMILES string of the molecule is CCOc1c(C)ccc2sc(N)cc12. The van der Waals surface area contributed by atoms with Crippen LogP contribution in [0.2, 0.25) is 0 Å². The lowest BCUT2D eigenvalue weighted by Gasteiger charge is -2.07. The van der Waals surface area contributed by atoms with Crippen LogP contribution >= 0.6 is 11.3 Å². The smallest absolute Gasteiger partial charge is 0.130 e. The Labute approximate surface area is 87.3 Å². The van der Waals surface area contributed by atoms with E-state index >= 15 is 0 Å². The van der Waals surface area contributed by atoms with Crippen molar-refractivity contribution in [1.29, 1.82) is 0 Å². The third-order valence-corrected chi connectivity index (χ3v) is 3.09. The summed E-state index contributed by atoms with van der Waals surface area (Å²) in [6, 6.07) is 6.15. The van der Waals surface area contributed by atoms with Gasteiger partial charge in [-0.1, -0.05) is 6.07 Å². The first-order valence-electron chi connectivity index (χ1n) is 4.63. The number of rotatable bonds is 2. The van der Waals surface area contributed by atoms with Crippen molar-refractivity contribution in [2.45, 2.75) is 13.8 Å². The van der Waals surface area contributed by atoms with Crippen molar-refractivity contribution in [3.8, 4) is 5.75 Å². The van der Waals surface area contributed by atoms with Crippen LogP contribution in [-0.2, 0) is 0 Å². The highest BCUT2D eigenvalue weighted by Crippen LogP contribution is 2.36. The zero-order chi connectivity index (χ0) is 10.1. The lowest BCUT2D eigenvalue weighted by Crippen LogP contribution is -1.93. The molecule has 0 amide bonds. The summed E-state index contributed by atoms with van der Waals surface area (Å²) in [4.78, 5) is 0. The molecule has 74 valence electrons. The third-order valence-electron chi connectivity index (χ3n) is 2.16. The van der Waals surface area contributed by atoms with E-state index in [1.165, 1.54) is 4.70 Å². The topological polar surface area (TPSA) is 35.2 Å². The molecule has 1 aromatic heterocycles. The number of aryl methyl sites for hydroxylation is 1. The molecule has 0 spiro atoms. The molecule has 0 unspecified atom stereocenters. The van der Waals surface area contributed by atoms with Crippen molar-refractivity contribution in [3.05, 3.63) is 23.8 Å². The summed E-state index contributed by atoms with van der Waals surface area (Å²) in [5.41, 5.74) is 6.93. The van der Waals surface area contributed by atoms with Crippen LogP contribution in [0.4, 0.5) is 5.00 Å².